The van der Waals surface area contributed by atoms with Crippen LogP contribution >= 0.6 is 43.5 Å². The van der Waals surface area contributed by atoms with E-state index in [-0.39, 0.29) is 124 Å². The molecule has 490 valence electrons. The summed E-state index contributed by atoms with van der Waals surface area (Å²) in [4.78, 5) is 96.9. The number of carbonyl (C=O) groups excluding carboxylic acids is 7. The molecule has 11 rings (SSSR count). The summed E-state index contributed by atoms with van der Waals surface area (Å²) in [5.74, 6) is -4.29. The molecule has 0 bridgehead atoms. The molecule has 3 fully saturated rings. The molecule has 7 atom stereocenters. The molecule has 0 unspecified atom stereocenters. The minimum atomic E-state index is -3.08. The fourth-order valence-electron chi connectivity index (χ4n) is 13.5. The van der Waals surface area contributed by atoms with Crippen LogP contribution in [-0.2, 0) is 38.2 Å². The third-order valence-corrected chi connectivity index (χ3v) is 22.7. The molecule has 0 radical (unpaired) electrons. The first-order valence-corrected chi connectivity index (χ1v) is 34.0. The average Bonchev–Trinajstić information content (AvgIpc) is 1.17. The van der Waals surface area contributed by atoms with Gasteiger partial charge in [0, 0.05) is 35.6 Å². The number of Topliss-reactive ketones (excluding diaryl/α,β-unsaturated/α-hetero) is 1. The van der Waals surface area contributed by atoms with Crippen molar-refractivity contribution in [2.24, 2.45) is 46.8 Å². The van der Waals surface area contributed by atoms with Crippen molar-refractivity contribution >= 4 is 132 Å². The van der Waals surface area contributed by atoms with E-state index in [4.69, 9.17) is 63.3 Å². The third kappa shape index (κ3) is 14.5. The molecule has 0 spiro atoms. The first-order valence-electron chi connectivity index (χ1n) is 31.0. The smallest absolute Gasteiger partial charge is 0.543 e. The van der Waals surface area contributed by atoms with E-state index in [1.54, 1.807) is 58.3 Å². The van der Waals surface area contributed by atoms with Gasteiger partial charge in [-0.15, -0.1) is 0 Å². The predicted octanol–water partition coefficient (Wildman–Crippen LogP) is 4.27. The summed E-state index contributed by atoms with van der Waals surface area (Å²) in [6, 6.07) is 49.7. The number of ether oxygens (including phenoxy) is 2. The number of hydrogen-bond acceptors (Lipinski definition) is 14. The molecular weight excluding hydrogens is 1300 g/mol. The van der Waals surface area contributed by atoms with Crippen LogP contribution in [0.5, 0.6) is 0 Å². The Morgan fingerprint density at radius 2 is 0.979 bits per heavy atom. The number of ketones is 1. The Balaban J connectivity index is 0.000000199. The largest absolute Gasteiger partial charge is 1.00 e. The van der Waals surface area contributed by atoms with Gasteiger partial charge in [0.05, 0.1) is 53.6 Å². The van der Waals surface area contributed by atoms with Crippen LogP contribution in [0.3, 0.4) is 0 Å². The number of hydrogen-bond donors (Lipinski definition) is 4. The molecule has 0 saturated carbocycles. The van der Waals surface area contributed by atoms with Crippen molar-refractivity contribution in [3.05, 3.63) is 234 Å². The van der Waals surface area contributed by atoms with Crippen molar-refractivity contribution in [2.75, 3.05) is 13.2 Å². The Morgan fingerprint density at radius 3 is 1.42 bits per heavy atom. The van der Waals surface area contributed by atoms with Gasteiger partial charge >= 0.3 is 41.5 Å². The van der Waals surface area contributed by atoms with E-state index in [1.165, 1.54) is 24.0 Å². The van der Waals surface area contributed by atoms with Crippen LogP contribution in [0.2, 0.25) is 0 Å². The predicted molar refractivity (Wildman–Crippen MR) is 380 cm³/mol. The number of aliphatic hydroxyl groups is 1. The summed E-state index contributed by atoms with van der Waals surface area (Å²) in [6.07, 6.45) is 3.17. The fraction of sp³-hybridized carbons (Fsp3) is 0.257. The van der Waals surface area contributed by atoms with Crippen molar-refractivity contribution in [3.63, 3.8) is 0 Å². The molecule has 5 aliphatic rings. The molecule has 7 N–H and O–H groups in total. The molecule has 17 nitrogen and oxygen atoms in total. The van der Waals surface area contributed by atoms with Crippen LogP contribution in [-0.4, -0.2) is 119 Å². The second kappa shape index (κ2) is 31.7. The minimum Gasteiger partial charge on any atom is -0.543 e. The number of amides is 3. The number of aliphatic hydroxyl groups excluding tert-OH is 1. The van der Waals surface area contributed by atoms with Crippen LogP contribution in [0.15, 0.2) is 200 Å². The number of carboxylic acids is 1. The van der Waals surface area contributed by atoms with Crippen LogP contribution in [0.1, 0.15) is 92.1 Å². The number of likely N-dealkylation sites (tertiary alicyclic amines) is 1. The first kappa shape index (κ1) is 73.5. The monoisotopic (exact) mass is 1370 g/mol. The summed E-state index contributed by atoms with van der Waals surface area (Å²) >= 11 is 15.2. The minimum absolute atomic E-state index is 0. The number of β-lactam (4-membered cyclic amide) rings is 3. The van der Waals surface area contributed by atoms with Crippen molar-refractivity contribution in [3.8, 4) is 0 Å². The van der Waals surface area contributed by atoms with Gasteiger partial charge in [-0.25, -0.2) is 9.59 Å². The quantitative estimate of drug-likeness (QED) is 0.0141. The van der Waals surface area contributed by atoms with Gasteiger partial charge in [-0.2, -0.15) is 0 Å². The van der Waals surface area contributed by atoms with Crippen LogP contribution in [0.25, 0.3) is 11.1 Å². The normalized spacial score (nSPS) is 19.3. The topological polar surface area (TPSA) is 269 Å². The molecular formula is C74H74N6NaO11PS3. The van der Waals surface area contributed by atoms with Crippen LogP contribution < -0.4 is 67.8 Å². The number of thiocarbonyl (C=S) groups is 3. The maximum atomic E-state index is 14.6. The van der Waals surface area contributed by atoms with Gasteiger partial charge in [-0.1, -0.05) is 235 Å². The maximum absolute atomic E-state index is 14.6. The van der Waals surface area contributed by atoms with Crippen LogP contribution in [0, 0.1) is 29.6 Å². The van der Waals surface area contributed by atoms with Crippen molar-refractivity contribution in [1.29, 1.82) is 0 Å². The van der Waals surface area contributed by atoms with Crippen LogP contribution in [0.4, 0.5) is 0 Å². The number of fused-ring (bicyclic) bond motifs is 2. The number of rotatable bonds is 22. The average molecular weight is 1370 g/mol. The Bertz CT molecular complexity index is 4110. The maximum Gasteiger partial charge on any atom is 1.00 e. The van der Waals surface area contributed by atoms with E-state index in [1.807, 2.05) is 143 Å². The Hall–Kier alpha value is -8.30. The molecule has 3 amide bonds. The molecule has 5 heterocycles. The summed E-state index contributed by atoms with van der Waals surface area (Å²) in [5.41, 5.74) is 22.8. The Morgan fingerprint density at radius 1 is 0.573 bits per heavy atom. The van der Waals surface area contributed by atoms with E-state index in [0.29, 0.717) is 51.4 Å². The number of nitrogens with zero attached hydrogens (tertiary/aromatic N) is 3. The SMILES string of the molecule is C=CCOC(=O)C(N1C(=O)[C@H](C(C)C)[C@H]1CC(=O)c1cccc(C(N)=S)c1)=P(c1ccccc1)(c1ccccc1)c1ccccc1.C=CCOC(=O)C1=C(c2cccc(C(N)=S)c2)C[C@@H]2[C@@H](C(C)C)C(=O)N12.C[C@@H](O)[C@H]1C(=O)N2C(C(=O)[O-])=C(c3cccc(C(N)=S)c3)C[C@H]12.[Na+]. The van der Waals surface area contributed by atoms with E-state index >= 15 is 0 Å². The van der Waals surface area contributed by atoms with E-state index < -0.39 is 48.8 Å². The zero-order chi connectivity index (χ0) is 68.7. The summed E-state index contributed by atoms with van der Waals surface area (Å²) in [7, 11) is 0. The van der Waals surface area contributed by atoms with Gasteiger partial charge in [-0.05, 0) is 88.0 Å². The Kier molecular flexibility index (Phi) is 24.3. The molecule has 5 aliphatic heterocycles. The molecule has 0 aromatic heterocycles. The van der Waals surface area contributed by atoms with Gasteiger partial charge in [-0.3, -0.25) is 19.2 Å². The Labute approximate surface area is 597 Å². The number of carbonyl (C=O) groups is 7. The van der Waals surface area contributed by atoms with Gasteiger partial charge in [0.1, 0.15) is 39.3 Å². The second-order valence-electron chi connectivity index (χ2n) is 24.2. The molecule has 0 aliphatic carbocycles. The summed E-state index contributed by atoms with van der Waals surface area (Å²) in [6.45, 7) is 13.8. The summed E-state index contributed by atoms with van der Waals surface area (Å²) < 4.78 is 11.1. The van der Waals surface area contributed by atoms with Crippen molar-refractivity contribution in [2.45, 2.75) is 78.1 Å². The van der Waals surface area contributed by atoms with Crippen molar-refractivity contribution < 1.29 is 82.8 Å². The van der Waals surface area contributed by atoms with Gasteiger partial charge in [0.25, 0.3) is 0 Å². The van der Waals surface area contributed by atoms with E-state index in [2.05, 4.69) is 13.2 Å². The van der Waals surface area contributed by atoms with Crippen molar-refractivity contribution in [1.82, 2.24) is 14.7 Å². The zero-order valence-electron chi connectivity index (χ0n) is 54.2. The number of esters is 2. The molecule has 6 aromatic carbocycles. The van der Waals surface area contributed by atoms with E-state index in [9.17, 15) is 43.8 Å². The fourth-order valence-corrected chi connectivity index (χ4v) is 18.2. The molecule has 3 saturated heterocycles. The zero-order valence-corrected chi connectivity index (χ0v) is 59.5. The number of aliphatic carboxylic acids is 1. The van der Waals surface area contributed by atoms with E-state index in [0.717, 1.165) is 32.6 Å². The molecule has 6 aromatic rings. The second-order valence-corrected chi connectivity index (χ2v) is 28.9. The molecule has 96 heavy (non-hydrogen) atoms. The van der Waals surface area contributed by atoms with Gasteiger partial charge < -0.3 is 56.4 Å². The number of carboxylic acid groups (broad SMARTS) is 1. The standard InChI is InChI=1S/C38H37N2O4PS.C20H22N2O3S.C16H16N2O4S.Na/c1-4-23-44-38(43)37(40-32(34(26(2)3)36(40)42)25-33(41)27-15-14-16-28(24-27)35(39)46)45(29-17-8-5-9-18-29,30-19-10-6-11-20-30)31-21-12-7-13-22-31;1-4-8-25-20(24)17-14(12-6-5-7-13(9-12)18(21)26)10-15-16(11(2)3)19(23)22(15)17;1-7(19)12-11-6-10(13(16(21)22)18(11)15(12)20)8-3-2-4-9(5-8)14(17)23;/h4-22,24,26,32,34H,1,23,25H2,2-3H3,(H2,39,46);4-7,9,11,15-16H,1,8,10H2,2-3H3,(H2,21,26);2-5,7,11-12,19H,6H2,1H3,(H2,17,23)(H,21,22);/q;;;+1/p-1/t32-,34-;15-,16-;7-,11-,12-;/m111./s1. The first-order chi connectivity index (χ1) is 45.4. The molecule has 22 heteroatoms. The number of nitrogens with two attached hydrogens (primary N) is 3. The summed E-state index contributed by atoms with van der Waals surface area (Å²) in [5, 5.41) is 23.9. The van der Waals surface area contributed by atoms with Gasteiger partial charge in [0.15, 0.2) is 5.78 Å². The number of benzene rings is 6. The third-order valence-electron chi connectivity index (χ3n) is 17.7. The van der Waals surface area contributed by atoms with Gasteiger partial charge in [0.2, 0.25) is 17.7 Å².